The van der Waals surface area contributed by atoms with Crippen molar-refractivity contribution in [3.05, 3.63) is 34.9 Å². The Bertz CT molecular complexity index is 373. The second-order valence-electron chi connectivity index (χ2n) is 3.48. The summed E-state index contributed by atoms with van der Waals surface area (Å²) in [5.41, 5.74) is 6.82. The molecule has 94 valence electrons. The summed E-state index contributed by atoms with van der Waals surface area (Å²) in [6.07, 6.45) is 0.401. The van der Waals surface area contributed by atoms with Gasteiger partial charge in [0.25, 0.3) is 0 Å². The fourth-order valence-corrected chi connectivity index (χ4v) is 2.64. The summed E-state index contributed by atoms with van der Waals surface area (Å²) in [6, 6.07) is 7.64. The van der Waals surface area contributed by atoms with Gasteiger partial charge < -0.3 is 10.5 Å². The van der Waals surface area contributed by atoms with E-state index in [-0.39, 0.29) is 11.2 Å². The molecule has 0 radical (unpaired) electrons. The summed E-state index contributed by atoms with van der Waals surface area (Å²) in [6.45, 7) is 0.520. The lowest BCUT2D eigenvalue weighted by atomic mass is 10.1. The Morgan fingerprint density at radius 3 is 2.94 bits per heavy atom. The van der Waals surface area contributed by atoms with Crippen LogP contribution in [0.5, 0.6) is 0 Å². The fourth-order valence-electron chi connectivity index (χ4n) is 1.39. The van der Waals surface area contributed by atoms with Gasteiger partial charge in [-0.05, 0) is 17.7 Å². The molecule has 1 unspecified atom stereocenters. The van der Waals surface area contributed by atoms with Gasteiger partial charge in [-0.2, -0.15) is 11.8 Å². The third-order valence-corrected chi connectivity index (χ3v) is 3.83. The molecule has 5 heteroatoms. The van der Waals surface area contributed by atoms with E-state index in [0.29, 0.717) is 23.7 Å². The van der Waals surface area contributed by atoms with Gasteiger partial charge in [0.2, 0.25) is 0 Å². The van der Waals surface area contributed by atoms with Crippen LogP contribution in [-0.4, -0.2) is 25.4 Å². The number of carbonyl (C=O) groups excluding carboxylic acids is 1. The zero-order valence-corrected chi connectivity index (χ0v) is 11.3. The topological polar surface area (TPSA) is 52.3 Å². The molecule has 1 aromatic rings. The van der Waals surface area contributed by atoms with Gasteiger partial charge in [-0.15, -0.1) is 0 Å². The average molecular weight is 274 g/mol. The first kappa shape index (κ1) is 14.4. The third kappa shape index (κ3) is 4.98. The summed E-state index contributed by atoms with van der Waals surface area (Å²) >= 11 is 7.57. The van der Waals surface area contributed by atoms with Crippen molar-refractivity contribution < 1.29 is 9.53 Å². The van der Waals surface area contributed by atoms with Crippen LogP contribution in [0.1, 0.15) is 17.2 Å². The van der Waals surface area contributed by atoms with Gasteiger partial charge in [-0.3, -0.25) is 4.79 Å². The lowest BCUT2D eigenvalue weighted by Crippen LogP contribution is -2.11. The maximum atomic E-state index is 11.0. The SMILES string of the molecule is COC(=O)CCSC(CN)c1cccc(Cl)c1. The molecule has 0 saturated heterocycles. The minimum Gasteiger partial charge on any atom is -0.469 e. The van der Waals surface area contributed by atoms with Crippen LogP contribution in [0.4, 0.5) is 0 Å². The molecule has 0 spiro atoms. The quantitative estimate of drug-likeness (QED) is 0.810. The van der Waals surface area contributed by atoms with Crippen LogP contribution in [0.15, 0.2) is 24.3 Å². The Kier molecular flexibility index (Phi) is 6.40. The molecule has 17 heavy (non-hydrogen) atoms. The van der Waals surface area contributed by atoms with Gasteiger partial charge in [-0.1, -0.05) is 23.7 Å². The number of carbonyl (C=O) groups is 1. The molecule has 0 aliphatic carbocycles. The molecule has 0 saturated carbocycles. The second-order valence-corrected chi connectivity index (χ2v) is 5.22. The Hall–Kier alpha value is -0.710. The molecule has 0 aliphatic heterocycles. The molecule has 0 heterocycles. The van der Waals surface area contributed by atoms with Crippen molar-refractivity contribution in [1.82, 2.24) is 0 Å². The van der Waals surface area contributed by atoms with Crippen molar-refractivity contribution in [3.63, 3.8) is 0 Å². The number of hydrogen-bond donors (Lipinski definition) is 1. The first-order chi connectivity index (χ1) is 8.17. The van der Waals surface area contributed by atoms with E-state index in [0.717, 1.165) is 5.56 Å². The van der Waals surface area contributed by atoms with Gasteiger partial charge in [0, 0.05) is 22.6 Å². The van der Waals surface area contributed by atoms with E-state index in [1.54, 1.807) is 11.8 Å². The maximum Gasteiger partial charge on any atom is 0.306 e. The van der Waals surface area contributed by atoms with Crippen molar-refractivity contribution >= 4 is 29.3 Å². The summed E-state index contributed by atoms with van der Waals surface area (Å²) in [4.78, 5) is 11.0. The number of thioether (sulfide) groups is 1. The van der Waals surface area contributed by atoms with Gasteiger partial charge in [-0.25, -0.2) is 0 Å². The predicted octanol–water partition coefficient (Wildman–Crippen LogP) is 2.64. The number of benzene rings is 1. The number of halogens is 1. The monoisotopic (exact) mass is 273 g/mol. The van der Waals surface area contributed by atoms with E-state index < -0.39 is 0 Å². The molecule has 1 rings (SSSR count). The third-order valence-electron chi connectivity index (χ3n) is 2.29. The minimum absolute atomic E-state index is 0.165. The molecular weight excluding hydrogens is 258 g/mol. The van der Waals surface area contributed by atoms with E-state index in [1.807, 2.05) is 24.3 Å². The van der Waals surface area contributed by atoms with Crippen molar-refractivity contribution in [3.8, 4) is 0 Å². The van der Waals surface area contributed by atoms with Crippen molar-refractivity contribution in [1.29, 1.82) is 0 Å². The van der Waals surface area contributed by atoms with E-state index in [2.05, 4.69) is 4.74 Å². The van der Waals surface area contributed by atoms with Crippen molar-refractivity contribution in [2.75, 3.05) is 19.4 Å². The van der Waals surface area contributed by atoms with E-state index >= 15 is 0 Å². The van der Waals surface area contributed by atoms with Crippen LogP contribution in [-0.2, 0) is 9.53 Å². The molecule has 0 bridgehead atoms. The smallest absolute Gasteiger partial charge is 0.306 e. The summed E-state index contributed by atoms with van der Waals surface area (Å²) in [5.74, 6) is 0.500. The van der Waals surface area contributed by atoms with Crippen molar-refractivity contribution in [2.45, 2.75) is 11.7 Å². The minimum atomic E-state index is -0.195. The molecule has 0 aromatic heterocycles. The van der Waals surface area contributed by atoms with Gasteiger partial charge in [0.1, 0.15) is 0 Å². The van der Waals surface area contributed by atoms with Crippen LogP contribution in [0.2, 0.25) is 5.02 Å². The number of rotatable bonds is 6. The lowest BCUT2D eigenvalue weighted by molar-refractivity contribution is -0.140. The molecule has 0 fully saturated rings. The average Bonchev–Trinajstić information content (AvgIpc) is 2.34. The number of nitrogens with two attached hydrogens (primary N) is 1. The number of ether oxygens (including phenoxy) is 1. The first-order valence-electron chi connectivity index (χ1n) is 5.31. The van der Waals surface area contributed by atoms with E-state index in [1.165, 1.54) is 7.11 Å². The summed E-state index contributed by atoms with van der Waals surface area (Å²) < 4.78 is 4.59. The molecule has 2 N–H and O–H groups in total. The highest BCUT2D eigenvalue weighted by Crippen LogP contribution is 2.29. The predicted molar refractivity (Wildman–Crippen MR) is 72.3 cm³/mol. The molecule has 0 amide bonds. The van der Waals surface area contributed by atoms with Crippen LogP contribution >= 0.6 is 23.4 Å². The Labute approximate surface area is 111 Å². The zero-order chi connectivity index (χ0) is 12.7. The Balaban J connectivity index is 2.51. The second kappa shape index (κ2) is 7.58. The maximum absolute atomic E-state index is 11.0. The normalized spacial score (nSPS) is 12.2. The van der Waals surface area contributed by atoms with Crippen LogP contribution in [0.3, 0.4) is 0 Å². The van der Waals surface area contributed by atoms with Crippen LogP contribution in [0.25, 0.3) is 0 Å². The van der Waals surface area contributed by atoms with Gasteiger partial charge >= 0.3 is 5.97 Å². The number of esters is 1. The molecule has 0 aliphatic rings. The molecule has 1 atom stereocenters. The summed E-state index contributed by atoms with van der Waals surface area (Å²) in [7, 11) is 1.39. The molecule has 3 nitrogen and oxygen atoms in total. The lowest BCUT2D eigenvalue weighted by Gasteiger charge is -2.14. The van der Waals surface area contributed by atoms with Crippen LogP contribution in [0, 0.1) is 0 Å². The highest BCUT2D eigenvalue weighted by Gasteiger charge is 2.11. The Morgan fingerprint density at radius 1 is 1.59 bits per heavy atom. The standard InChI is InChI=1S/C12H16ClNO2S/c1-16-12(15)5-6-17-11(8-14)9-3-2-4-10(13)7-9/h2-4,7,11H,5-6,8,14H2,1H3. The largest absolute Gasteiger partial charge is 0.469 e. The number of methoxy groups -OCH3 is 1. The Morgan fingerprint density at radius 2 is 2.35 bits per heavy atom. The zero-order valence-electron chi connectivity index (χ0n) is 9.69. The van der Waals surface area contributed by atoms with Gasteiger partial charge in [0.15, 0.2) is 0 Å². The highest BCUT2D eigenvalue weighted by molar-refractivity contribution is 7.99. The summed E-state index contributed by atoms with van der Waals surface area (Å²) in [5, 5.41) is 0.868. The van der Waals surface area contributed by atoms with Crippen molar-refractivity contribution in [2.24, 2.45) is 5.73 Å². The van der Waals surface area contributed by atoms with E-state index in [4.69, 9.17) is 17.3 Å². The first-order valence-corrected chi connectivity index (χ1v) is 6.74. The molecule has 1 aromatic carbocycles. The molecular formula is C12H16ClNO2S. The number of hydrogen-bond acceptors (Lipinski definition) is 4. The van der Waals surface area contributed by atoms with E-state index in [9.17, 15) is 4.79 Å². The highest BCUT2D eigenvalue weighted by atomic mass is 35.5. The van der Waals surface area contributed by atoms with Crippen LogP contribution < -0.4 is 5.73 Å². The fraction of sp³-hybridized carbons (Fsp3) is 0.417. The van der Waals surface area contributed by atoms with Gasteiger partial charge in [0.05, 0.1) is 13.5 Å².